The van der Waals surface area contributed by atoms with E-state index in [2.05, 4.69) is 38.1 Å². The molecule has 0 radical (unpaired) electrons. The Morgan fingerprint density at radius 2 is 1.37 bits per heavy atom. The van der Waals surface area contributed by atoms with Crippen molar-refractivity contribution in [3.63, 3.8) is 0 Å². The van der Waals surface area contributed by atoms with Gasteiger partial charge in [-0.2, -0.15) is 0 Å². The minimum atomic E-state index is -2.95. The molecule has 0 unspecified atom stereocenters. The van der Waals surface area contributed by atoms with Gasteiger partial charge in [-0.05, 0) is 42.1 Å². The number of unbranched alkanes of at least 4 members (excludes halogenated alkanes) is 1. The van der Waals surface area contributed by atoms with Crippen LogP contribution in [-0.4, -0.2) is 42.8 Å². The second kappa shape index (κ2) is 9.33. The molecule has 0 aliphatic carbocycles. The van der Waals surface area contributed by atoms with Gasteiger partial charge in [0.1, 0.15) is 6.10 Å². The number of aliphatic hydroxyl groups is 1. The van der Waals surface area contributed by atoms with E-state index in [1.54, 1.807) is 0 Å². The van der Waals surface area contributed by atoms with Crippen LogP contribution < -0.4 is 10.4 Å². The Balaban J connectivity index is 1.70. The molecule has 2 N–H and O–H groups in total. The average Bonchev–Trinajstić information content (AvgIpc) is 3.05. The molecular formula is C25H36O4Si. The van der Waals surface area contributed by atoms with Crippen LogP contribution in [0, 0.1) is 0 Å². The summed E-state index contributed by atoms with van der Waals surface area (Å²) in [4.78, 5) is 12.2. The second-order valence-corrected chi connectivity index (χ2v) is 13.4. The van der Waals surface area contributed by atoms with Crippen molar-refractivity contribution in [2.24, 2.45) is 0 Å². The lowest BCUT2D eigenvalue weighted by molar-refractivity contribution is -0.149. The second-order valence-electron chi connectivity index (χ2n) is 9.47. The molecule has 2 atom stereocenters. The minimum Gasteiger partial charge on any atom is -0.424 e. The lowest BCUT2D eigenvalue weighted by Gasteiger charge is -2.41. The highest BCUT2D eigenvalue weighted by Gasteiger charge is 2.49. The molecule has 4 nitrogen and oxygen atoms in total. The first kappa shape index (κ1) is 23.2. The topological polar surface area (TPSA) is 58.9 Å². The molecule has 1 fully saturated rings. The fourth-order valence-electron chi connectivity index (χ4n) is 4.71. The Hall–Kier alpha value is -1.50. The number of aliphatic hydroxyl groups excluding tert-OH is 1. The molecule has 0 bridgehead atoms. The number of benzene rings is 2. The molecule has 2 aromatic carbocycles. The molecule has 1 saturated heterocycles. The van der Waals surface area contributed by atoms with Crippen molar-refractivity contribution < 1.29 is 19.4 Å². The van der Waals surface area contributed by atoms with E-state index in [1.807, 2.05) is 50.2 Å². The van der Waals surface area contributed by atoms with Gasteiger partial charge in [-0.1, -0.05) is 87.4 Å². The van der Waals surface area contributed by atoms with Crippen LogP contribution >= 0.6 is 0 Å². The smallest absolute Gasteiger partial charge is 0.258 e. The van der Waals surface area contributed by atoms with Gasteiger partial charge in [0, 0.05) is 0 Å². The van der Waals surface area contributed by atoms with Crippen molar-refractivity contribution in [3.8, 4) is 0 Å². The van der Waals surface area contributed by atoms with E-state index in [0.29, 0.717) is 0 Å². The Morgan fingerprint density at radius 1 is 0.867 bits per heavy atom. The summed E-state index contributed by atoms with van der Waals surface area (Å²) in [6, 6.07) is 20.3. The van der Waals surface area contributed by atoms with Crippen LogP contribution in [-0.2, 0) is 9.47 Å². The number of hydrogen-bond acceptors (Lipinski definition) is 4. The van der Waals surface area contributed by atoms with Gasteiger partial charge in [0.05, 0.1) is 12.7 Å². The van der Waals surface area contributed by atoms with Crippen molar-refractivity contribution in [1.29, 1.82) is 0 Å². The zero-order valence-corrected chi connectivity index (χ0v) is 19.7. The molecule has 0 spiro atoms. The maximum Gasteiger partial charge on any atom is 0.258 e. The third kappa shape index (κ3) is 4.87. The SMILES string of the molecule is CC1(C)O[C@H](CO)[C@@H](CCCCC(C)(C)[Si](O)(c2ccccc2)c2ccccc2)O1. The Labute approximate surface area is 182 Å². The standard InChI is InChI=1S/C25H36O4Si/c1-24(2,18-12-11-17-22-23(19-26)29-25(3,4)28-22)30(27,20-13-7-5-8-14-20)21-15-9-6-10-16-21/h5-10,13-16,22-23,26-27H,11-12,17-19H2,1-4H3/t22-,23-/m1/s1. The molecular weight excluding hydrogens is 392 g/mol. The summed E-state index contributed by atoms with van der Waals surface area (Å²) in [6.45, 7) is 8.17. The molecule has 0 saturated carbocycles. The molecule has 1 aliphatic heterocycles. The number of rotatable bonds is 9. The number of ether oxygens (including phenoxy) is 2. The fraction of sp³-hybridized carbons (Fsp3) is 0.520. The minimum absolute atomic E-state index is 0.0196. The first-order chi connectivity index (χ1) is 14.2. The van der Waals surface area contributed by atoms with Gasteiger partial charge in [0.25, 0.3) is 8.32 Å². The maximum absolute atomic E-state index is 12.2. The first-order valence-corrected chi connectivity index (χ1v) is 12.9. The highest BCUT2D eigenvalue weighted by atomic mass is 28.4. The van der Waals surface area contributed by atoms with E-state index < -0.39 is 14.1 Å². The largest absolute Gasteiger partial charge is 0.424 e. The van der Waals surface area contributed by atoms with Gasteiger partial charge < -0.3 is 19.4 Å². The van der Waals surface area contributed by atoms with Crippen molar-refractivity contribution in [2.45, 2.75) is 76.4 Å². The van der Waals surface area contributed by atoms with Crippen LogP contribution in [0.4, 0.5) is 0 Å². The quantitative estimate of drug-likeness (QED) is 0.473. The molecule has 3 rings (SSSR count). The van der Waals surface area contributed by atoms with E-state index in [0.717, 1.165) is 36.1 Å². The van der Waals surface area contributed by atoms with Gasteiger partial charge >= 0.3 is 0 Å². The van der Waals surface area contributed by atoms with Crippen LogP contribution in [0.2, 0.25) is 5.04 Å². The summed E-state index contributed by atoms with van der Waals surface area (Å²) < 4.78 is 11.7. The zero-order chi connectivity index (χ0) is 21.8. The van der Waals surface area contributed by atoms with E-state index >= 15 is 0 Å². The summed E-state index contributed by atoms with van der Waals surface area (Å²) in [5, 5.41) is 11.4. The molecule has 0 aromatic heterocycles. The van der Waals surface area contributed by atoms with Crippen LogP contribution in [0.25, 0.3) is 0 Å². The first-order valence-electron chi connectivity index (χ1n) is 11.0. The summed E-state index contributed by atoms with van der Waals surface area (Å²) >= 11 is 0. The average molecular weight is 429 g/mol. The normalized spacial score (nSPS) is 21.7. The van der Waals surface area contributed by atoms with E-state index in [-0.39, 0.29) is 23.9 Å². The Bertz CT molecular complexity index is 752. The molecule has 164 valence electrons. The summed E-state index contributed by atoms with van der Waals surface area (Å²) in [7, 11) is -2.95. The van der Waals surface area contributed by atoms with Gasteiger partial charge in [-0.15, -0.1) is 0 Å². The monoisotopic (exact) mass is 428 g/mol. The molecule has 1 aliphatic rings. The van der Waals surface area contributed by atoms with E-state index in [9.17, 15) is 9.90 Å². The highest BCUT2D eigenvalue weighted by Crippen LogP contribution is 2.40. The van der Waals surface area contributed by atoms with Gasteiger partial charge in [-0.25, -0.2) is 0 Å². The van der Waals surface area contributed by atoms with Crippen molar-refractivity contribution >= 4 is 18.7 Å². The molecule has 0 amide bonds. The lowest BCUT2D eigenvalue weighted by Crippen LogP contribution is -2.65. The summed E-state index contributed by atoms with van der Waals surface area (Å²) in [5.74, 6) is -0.634. The zero-order valence-electron chi connectivity index (χ0n) is 18.7. The van der Waals surface area contributed by atoms with Crippen LogP contribution in [0.5, 0.6) is 0 Å². The van der Waals surface area contributed by atoms with Gasteiger partial charge in [0.15, 0.2) is 5.79 Å². The maximum atomic E-state index is 12.2. The van der Waals surface area contributed by atoms with Crippen LogP contribution in [0.15, 0.2) is 60.7 Å². The Morgan fingerprint density at radius 3 is 1.87 bits per heavy atom. The number of hydrogen-bond donors (Lipinski definition) is 2. The lowest BCUT2D eigenvalue weighted by atomic mass is 10.0. The molecule has 30 heavy (non-hydrogen) atoms. The van der Waals surface area contributed by atoms with Crippen molar-refractivity contribution in [1.82, 2.24) is 0 Å². The fourth-order valence-corrected chi connectivity index (χ4v) is 8.49. The van der Waals surface area contributed by atoms with Crippen molar-refractivity contribution in [3.05, 3.63) is 60.7 Å². The third-order valence-electron chi connectivity index (χ3n) is 6.37. The van der Waals surface area contributed by atoms with Gasteiger partial charge in [-0.3, -0.25) is 0 Å². The summed E-state index contributed by atoms with van der Waals surface area (Å²) in [6.07, 6.45) is 3.39. The highest BCUT2D eigenvalue weighted by molar-refractivity contribution is 6.98. The summed E-state index contributed by atoms with van der Waals surface area (Å²) in [5.41, 5.74) is 0. The van der Waals surface area contributed by atoms with Crippen LogP contribution in [0.3, 0.4) is 0 Å². The van der Waals surface area contributed by atoms with Gasteiger partial charge in [0.2, 0.25) is 0 Å². The van der Waals surface area contributed by atoms with Crippen molar-refractivity contribution in [2.75, 3.05) is 6.61 Å². The third-order valence-corrected chi connectivity index (χ3v) is 10.9. The molecule has 2 aromatic rings. The molecule has 5 heteroatoms. The molecule has 1 heterocycles. The predicted molar refractivity (Wildman–Crippen MR) is 124 cm³/mol. The van der Waals surface area contributed by atoms with E-state index in [4.69, 9.17) is 9.47 Å². The predicted octanol–water partition coefficient (Wildman–Crippen LogP) is 3.59. The van der Waals surface area contributed by atoms with E-state index in [1.165, 1.54) is 0 Å². The Kier molecular flexibility index (Phi) is 7.20. The van der Waals surface area contributed by atoms with Crippen LogP contribution in [0.1, 0.15) is 53.4 Å².